The van der Waals surface area contributed by atoms with Crippen LogP contribution in [-0.4, -0.2) is 31.5 Å². The second-order valence-electron chi connectivity index (χ2n) is 4.86. The molecule has 3 rings (SSSR count). The van der Waals surface area contributed by atoms with Gasteiger partial charge in [-0.05, 0) is 40.3 Å². The molecule has 0 spiro atoms. The van der Waals surface area contributed by atoms with Crippen LogP contribution in [0.4, 0.5) is 5.69 Å². The Morgan fingerprint density at radius 2 is 2.09 bits per heavy atom. The van der Waals surface area contributed by atoms with Crippen molar-refractivity contribution in [2.45, 2.75) is 6.42 Å². The number of H-pyrrole nitrogens is 1. The third kappa shape index (κ3) is 3.43. The number of aliphatic hydroxyl groups is 1. The second kappa shape index (κ2) is 6.41. The number of hydrogen-bond acceptors (Lipinski definition) is 7. The second-order valence-corrected chi connectivity index (χ2v) is 5.60. The van der Waals surface area contributed by atoms with Crippen molar-refractivity contribution in [2.24, 2.45) is 0 Å². The predicted molar refractivity (Wildman–Crippen MR) is 87.1 cm³/mol. The Labute approximate surface area is 135 Å². The summed E-state index contributed by atoms with van der Waals surface area (Å²) < 4.78 is 0. The van der Waals surface area contributed by atoms with Crippen molar-refractivity contribution in [3.63, 3.8) is 0 Å². The van der Waals surface area contributed by atoms with Crippen molar-refractivity contribution >= 4 is 28.6 Å². The molecule has 116 valence electrons. The number of nitrogen functional groups attached to an aromatic ring is 1. The molecule has 0 atom stereocenters. The number of hydrogen-bond donors (Lipinski definition) is 3. The summed E-state index contributed by atoms with van der Waals surface area (Å²) in [6.45, 7) is 0. The van der Waals surface area contributed by atoms with E-state index in [1.54, 1.807) is 5.38 Å². The third-order valence-electron chi connectivity index (χ3n) is 3.22. The molecule has 4 N–H and O–H groups in total. The number of rotatable bonds is 5. The number of aromatic amines is 1. The molecule has 7 nitrogen and oxygen atoms in total. The minimum atomic E-state index is -0.326. The number of nitrogens with zero attached hydrogens (tertiary/aromatic N) is 3. The Morgan fingerprint density at radius 3 is 2.78 bits per heavy atom. The summed E-state index contributed by atoms with van der Waals surface area (Å²) in [7, 11) is 0. The average molecular weight is 327 g/mol. The van der Waals surface area contributed by atoms with Gasteiger partial charge in [0.15, 0.2) is 11.5 Å². The maximum Gasteiger partial charge on any atom is 0.239 e. The van der Waals surface area contributed by atoms with Crippen LogP contribution in [0.25, 0.3) is 5.76 Å². The number of tetrazole rings is 1. The van der Waals surface area contributed by atoms with E-state index in [2.05, 4.69) is 20.6 Å². The molecular weight excluding hydrogens is 314 g/mol. The summed E-state index contributed by atoms with van der Waals surface area (Å²) in [4.78, 5) is 12.3. The molecule has 0 saturated carbocycles. The van der Waals surface area contributed by atoms with E-state index in [0.29, 0.717) is 17.7 Å². The standard InChI is InChI=1S/C15H13N5O2S/c16-11-3-1-9(2-4-11)5-10-7-23-8-12(10)13(21)6-14(22)15-17-19-20-18-15/h1-4,6-8,22H,5,16H2,(H,17,18,19,20). The molecule has 0 unspecified atom stereocenters. The van der Waals surface area contributed by atoms with Crippen LogP contribution < -0.4 is 5.73 Å². The van der Waals surface area contributed by atoms with Crippen LogP contribution in [-0.2, 0) is 6.42 Å². The fraction of sp³-hybridized carbons (Fsp3) is 0.0667. The van der Waals surface area contributed by atoms with Gasteiger partial charge in [0.05, 0.1) is 0 Å². The topological polar surface area (TPSA) is 118 Å². The molecule has 1 aromatic carbocycles. The normalized spacial score (nSPS) is 11.6. The zero-order chi connectivity index (χ0) is 16.2. The van der Waals surface area contributed by atoms with Gasteiger partial charge in [-0.1, -0.05) is 12.1 Å². The summed E-state index contributed by atoms with van der Waals surface area (Å²) in [6, 6.07) is 7.50. The van der Waals surface area contributed by atoms with E-state index in [-0.39, 0.29) is 17.4 Å². The Kier molecular flexibility index (Phi) is 4.15. The number of carbonyl (C=O) groups is 1. The quantitative estimate of drug-likeness (QED) is 0.286. The highest BCUT2D eigenvalue weighted by atomic mass is 32.1. The van der Waals surface area contributed by atoms with Crippen LogP contribution in [0.1, 0.15) is 27.3 Å². The zero-order valence-electron chi connectivity index (χ0n) is 11.9. The van der Waals surface area contributed by atoms with Gasteiger partial charge < -0.3 is 10.8 Å². The average Bonchev–Trinajstić information content (AvgIpc) is 3.20. The molecule has 8 heteroatoms. The van der Waals surface area contributed by atoms with Gasteiger partial charge in [0.25, 0.3) is 0 Å². The molecule has 0 fully saturated rings. The number of allylic oxidation sites excluding steroid dienone is 1. The van der Waals surface area contributed by atoms with Gasteiger partial charge in [0.2, 0.25) is 5.82 Å². The van der Waals surface area contributed by atoms with E-state index < -0.39 is 0 Å². The Balaban J connectivity index is 1.81. The molecule has 0 radical (unpaired) electrons. The number of anilines is 1. The molecule has 0 saturated heterocycles. The number of benzene rings is 1. The number of ketones is 1. The SMILES string of the molecule is Nc1ccc(Cc2cscc2C(=O)C=C(O)c2nn[nH]n2)cc1. The van der Waals surface area contributed by atoms with Crippen molar-refractivity contribution in [2.75, 3.05) is 5.73 Å². The van der Waals surface area contributed by atoms with Gasteiger partial charge in [-0.25, -0.2) is 0 Å². The van der Waals surface area contributed by atoms with Crippen molar-refractivity contribution in [1.29, 1.82) is 0 Å². The minimum Gasteiger partial charge on any atom is -0.504 e. The lowest BCUT2D eigenvalue weighted by molar-refractivity contribution is 0.104. The summed E-state index contributed by atoms with van der Waals surface area (Å²) >= 11 is 1.44. The first-order valence-electron chi connectivity index (χ1n) is 6.72. The highest BCUT2D eigenvalue weighted by Crippen LogP contribution is 2.21. The predicted octanol–water partition coefficient (Wildman–Crippen LogP) is 2.22. The fourth-order valence-electron chi connectivity index (χ4n) is 2.07. The van der Waals surface area contributed by atoms with Gasteiger partial charge in [0, 0.05) is 22.7 Å². The van der Waals surface area contributed by atoms with Crippen molar-refractivity contribution < 1.29 is 9.90 Å². The minimum absolute atomic E-state index is 0.0198. The van der Waals surface area contributed by atoms with Crippen LogP contribution in [0.3, 0.4) is 0 Å². The van der Waals surface area contributed by atoms with E-state index in [9.17, 15) is 9.90 Å². The molecule has 2 aromatic heterocycles. The van der Waals surface area contributed by atoms with Crippen LogP contribution in [0.15, 0.2) is 41.1 Å². The molecule has 0 amide bonds. The molecule has 0 bridgehead atoms. The molecule has 3 aromatic rings. The van der Waals surface area contributed by atoms with Gasteiger partial charge >= 0.3 is 0 Å². The number of thiophene rings is 1. The van der Waals surface area contributed by atoms with Gasteiger partial charge in [-0.2, -0.15) is 16.6 Å². The first-order valence-corrected chi connectivity index (χ1v) is 7.66. The lowest BCUT2D eigenvalue weighted by atomic mass is 10.0. The summed E-state index contributed by atoms with van der Waals surface area (Å²) in [5.41, 5.74) is 8.86. The molecule has 2 heterocycles. The molecule has 0 aliphatic rings. The van der Waals surface area contributed by atoms with Crippen LogP contribution in [0.2, 0.25) is 0 Å². The van der Waals surface area contributed by atoms with Crippen molar-refractivity contribution in [3.05, 3.63) is 63.6 Å². The van der Waals surface area contributed by atoms with Crippen LogP contribution in [0, 0.1) is 0 Å². The summed E-state index contributed by atoms with van der Waals surface area (Å²) in [6.07, 6.45) is 1.71. The molecule has 23 heavy (non-hydrogen) atoms. The lowest BCUT2D eigenvalue weighted by Gasteiger charge is -2.03. The lowest BCUT2D eigenvalue weighted by Crippen LogP contribution is -2.00. The summed E-state index contributed by atoms with van der Waals surface area (Å²) in [5, 5.41) is 26.3. The van der Waals surface area contributed by atoms with Crippen molar-refractivity contribution in [3.8, 4) is 0 Å². The van der Waals surface area contributed by atoms with Gasteiger partial charge in [0.1, 0.15) is 0 Å². The third-order valence-corrected chi connectivity index (χ3v) is 4.02. The fourth-order valence-corrected chi connectivity index (χ4v) is 2.91. The Morgan fingerprint density at radius 1 is 1.30 bits per heavy atom. The highest BCUT2D eigenvalue weighted by Gasteiger charge is 2.14. The first kappa shape index (κ1) is 14.9. The van der Waals surface area contributed by atoms with Gasteiger partial charge in [-0.15, -0.1) is 10.2 Å². The van der Waals surface area contributed by atoms with E-state index in [1.165, 1.54) is 11.3 Å². The van der Waals surface area contributed by atoms with E-state index in [1.807, 2.05) is 29.6 Å². The van der Waals surface area contributed by atoms with Crippen molar-refractivity contribution in [1.82, 2.24) is 20.6 Å². The maximum absolute atomic E-state index is 12.3. The van der Waals surface area contributed by atoms with Crippen LogP contribution >= 0.6 is 11.3 Å². The highest BCUT2D eigenvalue weighted by molar-refractivity contribution is 7.08. The van der Waals surface area contributed by atoms with E-state index in [0.717, 1.165) is 17.2 Å². The smallest absolute Gasteiger partial charge is 0.239 e. The zero-order valence-corrected chi connectivity index (χ0v) is 12.7. The number of aromatic nitrogens is 4. The van der Waals surface area contributed by atoms with Crippen LogP contribution in [0.5, 0.6) is 0 Å². The number of nitrogens with two attached hydrogens (primary N) is 1. The number of nitrogens with one attached hydrogen (secondary N) is 1. The maximum atomic E-state index is 12.3. The number of aliphatic hydroxyl groups excluding tert-OH is 1. The Bertz CT molecular complexity index is 837. The first-order chi connectivity index (χ1) is 11.1. The summed E-state index contributed by atoms with van der Waals surface area (Å²) in [5.74, 6) is -0.652. The van der Waals surface area contributed by atoms with E-state index in [4.69, 9.17) is 5.73 Å². The molecule has 0 aliphatic carbocycles. The van der Waals surface area contributed by atoms with E-state index >= 15 is 0 Å². The largest absolute Gasteiger partial charge is 0.504 e. The van der Waals surface area contributed by atoms with Gasteiger partial charge in [-0.3, -0.25) is 4.79 Å². The monoisotopic (exact) mass is 327 g/mol. The Hall–Kier alpha value is -3.00. The number of carbonyl (C=O) groups excluding carboxylic acids is 1. The molecular formula is C15H13N5O2S. The molecule has 0 aliphatic heterocycles.